The van der Waals surface area contributed by atoms with E-state index >= 15 is 0 Å². The van der Waals surface area contributed by atoms with Crippen molar-refractivity contribution in [3.05, 3.63) is 23.8 Å². The van der Waals surface area contributed by atoms with Gasteiger partial charge in [0.05, 0.1) is 12.7 Å². The van der Waals surface area contributed by atoms with Gasteiger partial charge in [-0.3, -0.25) is 9.59 Å². The van der Waals surface area contributed by atoms with Crippen LogP contribution >= 0.6 is 0 Å². The maximum Gasteiger partial charge on any atom is 0.495 e. The van der Waals surface area contributed by atoms with Crippen molar-refractivity contribution in [3.8, 4) is 5.75 Å². The highest BCUT2D eigenvalue weighted by molar-refractivity contribution is 6.62. The number of fused-ring (bicyclic) bond motifs is 1. The molecule has 0 aromatic heterocycles. The molecule has 0 aliphatic carbocycles. The van der Waals surface area contributed by atoms with Crippen LogP contribution in [0.15, 0.2) is 18.2 Å². The van der Waals surface area contributed by atoms with Crippen molar-refractivity contribution in [3.63, 3.8) is 0 Å². The van der Waals surface area contributed by atoms with Gasteiger partial charge in [-0.1, -0.05) is 12.1 Å². The number of amides is 1. The van der Waals surface area contributed by atoms with Gasteiger partial charge in [-0.05, 0) is 18.1 Å². The summed E-state index contributed by atoms with van der Waals surface area (Å²) in [4.78, 5) is 19.6. The molecular formula is C14H21BN2O6. The number of carbonyl (C=O) groups is 2. The van der Waals surface area contributed by atoms with Crippen LogP contribution < -0.4 is 21.7 Å². The molecule has 1 aliphatic heterocycles. The fraction of sp³-hybridized carbons (Fsp3) is 0.429. The van der Waals surface area contributed by atoms with Gasteiger partial charge in [-0.2, -0.15) is 0 Å². The quantitative estimate of drug-likeness (QED) is 0.393. The Morgan fingerprint density at radius 2 is 2.09 bits per heavy atom. The zero-order valence-corrected chi connectivity index (χ0v) is 12.9. The van der Waals surface area contributed by atoms with Crippen LogP contribution in [0.5, 0.6) is 5.75 Å². The van der Waals surface area contributed by atoms with Gasteiger partial charge < -0.3 is 31.0 Å². The Morgan fingerprint density at radius 3 is 2.65 bits per heavy atom. The number of nitrogens with two attached hydrogens (primary N) is 2. The van der Waals surface area contributed by atoms with Crippen LogP contribution in [-0.4, -0.2) is 42.3 Å². The molecule has 0 saturated carbocycles. The molecule has 9 heteroatoms. The minimum Gasteiger partial charge on any atom is -0.494 e. The minimum atomic E-state index is -1.02. The van der Waals surface area contributed by atoms with Crippen molar-refractivity contribution >= 4 is 24.5 Å². The Kier molecular flexibility index (Phi) is 7.53. The molecule has 23 heavy (non-hydrogen) atoms. The second kappa shape index (κ2) is 9.14. The summed E-state index contributed by atoms with van der Waals surface area (Å²) in [5.41, 5.74) is 12.1. The monoisotopic (exact) mass is 324 g/mol. The largest absolute Gasteiger partial charge is 0.495 e. The second-order valence-electron chi connectivity index (χ2n) is 4.91. The standard InChI is InChI=1S/C12H17BN2O4.C2H4O2/c14-7-10-8-3-1-4-9(12(8)13(17)19-10)18-6-2-5-11(15)16;1-2(3)4/h1,3-4,10,17H,2,5-7,14H2,(H2,15,16);1H3,(H,3,4). The number of carboxylic acid groups (broad SMARTS) is 1. The van der Waals surface area contributed by atoms with Crippen molar-refractivity contribution in [1.82, 2.24) is 0 Å². The normalized spacial score (nSPS) is 15.4. The van der Waals surface area contributed by atoms with Crippen LogP contribution in [0.2, 0.25) is 0 Å². The van der Waals surface area contributed by atoms with Crippen LogP contribution in [-0.2, 0) is 14.2 Å². The van der Waals surface area contributed by atoms with E-state index in [1.54, 1.807) is 6.07 Å². The molecule has 0 fully saturated rings. The molecular weight excluding hydrogens is 303 g/mol. The van der Waals surface area contributed by atoms with E-state index in [-0.39, 0.29) is 18.4 Å². The first-order valence-corrected chi connectivity index (χ1v) is 7.13. The maximum absolute atomic E-state index is 10.6. The van der Waals surface area contributed by atoms with Crippen LogP contribution in [0.4, 0.5) is 0 Å². The summed E-state index contributed by atoms with van der Waals surface area (Å²) in [6.07, 6.45) is 0.509. The van der Waals surface area contributed by atoms with E-state index in [9.17, 15) is 9.82 Å². The molecule has 126 valence electrons. The molecule has 0 radical (unpaired) electrons. The molecule has 0 saturated heterocycles. The first kappa shape index (κ1) is 19.0. The number of carboxylic acids is 1. The van der Waals surface area contributed by atoms with Gasteiger partial charge in [-0.15, -0.1) is 0 Å². The highest BCUT2D eigenvalue weighted by Crippen LogP contribution is 2.26. The highest BCUT2D eigenvalue weighted by Gasteiger charge is 2.37. The Balaban J connectivity index is 0.000000593. The number of hydrogen-bond acceptors (Lipinski definition) is 6. The second-order valence-corrected chi connectivity index (χ2v) is 4.91. The highest BCUT2D eigenvalue weighted by atomic mass is 16.5. The van der Waals surface area contributed by atoms with Gasteiger partial charge in [0.25, 0.3) is 5.97 Å². The summed E-state index contributed by atoms with van der Waals surface area (Å²) < 4.78 is 10.9. The van der Waals surface area contributed by atoms with Gasteiger partial charge in [-0.25, -0.2) is 0 Å². The molecule has 1 atom stereocenters. The van der Waals surface area contributed by atoms with E-state index in [0.717, 1.165) is 12.5 Å². The van der Waals surface area contributed by atoms with Crippen molar-refractivity contribution in [2.75, 3.05) is 13.2 Å². The molecule has 8 nitrogen and oxygen atoms in total. The predicted octanol–water partition coefficient (Wildman–Crippen LogP) is -0.861. The van der Waals surface area contributed by atoms with Gasteiger partial charge >= 0.3 is 7.12 Å². The first-order chi connectivity index (χ1) is 10.9. The number of ether oxygens (including phenoxy) is 1. The SMILES string of the molecule is CC(=O)O.NCC1OB(O)c2c(OCCCC(N)=O)cccc21. The fourth-order valence-corrected chi connectivity index (χ4v) is 2.14. The third-order valence-corrected chi connectivity index (χ3v) is 3.03. The number of aliphatic carboxylic acids is 1. The van der Waals surface area contributed by atoms with E-state index < -0.39 is 13.1 Å². The summed E-state index contributed by atoms with van der Waals surface area (Å²) in [6.45, 7) is 1.74. The zero-order valence-electron chi connectivity index (χ0n) is 12.9. The number of rotatable bonds is 6. The number of primary amides is 1. The van der Waals surface area contributed by atoms with Crippen molar-refractivity contribution in [2.45, 2.75) is 25.9 Å². The number of hydrogen-bond donors (Lipinski definition) is 4. The summed E-state index contributed by atoms with van der Waals surface area (Å²) in [5.74, 6) is -0.626. The molecule has 1 aliphatic rings. The zero-order chi connectivity index (χ0) is 17.4. The Morgan fingerprint density at radius 1 is 1.43 bits per heavy atom. The lowest BCUT2D eigenvalue weighted by Gasteiger charge is -2.11. The lowest BCUT2D eigenvalue weighted by atomic mass is 9.78. The van der Waals surface area contributed by atoms with Gasteiger partial charge in [0.2, 0.25) is 5.91 Å². The topological polar surface area (TPSA) is 145 Å². The molecule has 1 amide bonds. The number of carbonyl (C=O) groups excluding carboxylic acids is 1. The maximum atomic E-state index is 10.6. The smallest absolute Gasteiger partial charge is 0.494 e. The van der Waals surface area contributed by atoms with Gasteiger partial charge in [0.1, 0.15) is 5.75 Å². The fourth-order valence-electron chi connectivity index (χ4n) is 2.14. The summed E-state index contributed by atoms with van der Waals surface area (Å²) in [6, 6.07) is 5.44. The lowest BCUT2D eigenvalue weighted by Crippen LogP contribution is -2.30. The lowest BCUT2D eigenvalue weighted by molar-refractivity contribution is -0.134. The molecule has 1 aromatic rings. The number of benzene rings is 1. The van der Waals surface area contributed by atoms with Crippen LogP contribution in [0, 0.1) is 0 Å². The average molecular weight is 324 g/mol. The van der Waals surface area contributed by atoms with Crippen molar-refractivity contribution in [2.24, 2.45) is 11.5 Å². The van der Waals surface area contributed by atoms with Crippen molar-refractivity contribution < 1.29 is 29.1 Å². The minimum absolute atomic E-state index is 0.277. The van der Waals surface area contributed by atoms with Crippen LogP contribution in [0.1, 0.15) is 31.4 Å². The Hall–Kier alpha value is -2.10. The predicted molar refractivity (Wildman–Crippen MR) is 84.2 cm³/mol. The molecule has 1 unspecified atom stereocenters. The average Bonchev–Trinajstić information content (AvgIpc) is 2.80. The Bertz CT molecular complexity index is 550. The summed E-state index contributed by atoms with van der Waals surface area (Å²) in [5, 5.41) is 17.3. The molecule has 1 aromatic carbocycles. The van der Waals surface area contributed by atoms with Crippen molar-refractivity contribution in [1.29, 1.82) is 0 Å². The first-order valence-electron chi connectivity index (χ1n) is 7.13. The van der Waals surface area contributed by atoms with E-state index in [4.69, 9.17) is 30.8 Å². The summed E-state index contributed by atoms with van der Waals surface area (Å²) >= 11 is 0. The van der Waals surface area contributed by atoms with Crippen LogP contribution in [0.25, 0.3) is 0 Å². The van der Waals surface area contributed by atoms with E-state index in [1.807, 2.05) is 12.1 Å². The van der Waals surface area contributed by atoms with E-state index in [1.165, 1.54) is 0 Å². The van der Waals surface area contributed by atoms with Gasteiger partial charge in [0, 0.05) is 25.4 Å². The molecule has 6 N–H and O–H groups in total. The van der Waals surface area contributed by atoms with E-state index in [2.05, 4.69) is 0 Å². The van der Waals surface area contributed by atoms with Gasteiger partial charge in [0.15, 0.2) is 0 Å². The third kappa shape index (κ3) is 5.89. The molecule has 0 spiro atoms. The molecule has 0 bridgehead atoms. The molecule has 2 rings (SSSR count). The van der Waals surface area contributed by atoms with E-state index in [0.29, 0.717) is 30.8 Å². The Labute approximate surface area is 134 Å². The summed E-state index contributed by atoms with van der Waals surface area (Å²) in [7, 11) is -1.02. The molecule has 1 heterocycles. The third-order valence-electron chi connectivity index (χ3n) is 3.03. The van der Waals surface area contributed by atoms with Crippen LogP contribution in [0.3, 0.4) is 0 Å².